The largest absolute Gasteiger partial charge is 0.432 e. The fourth-order valence-electron chi connectivity index (χ4n) is 2.26. The van der Waals surface area contributed by atoms with E-state index in [0.29, 0.717) is 16.4 Å². The predicted molar refractivity (Wildman–Crippen MR) is 73.9 cm³/mol. The number of aliphatic hydroxyl groups is 1. The average molecular weight is 278 g/mol. The number of nitrogens with zero attached hydrogens (tertiary/aromatic N) is 1. The van der Waals surface area contributed by atoms with Gasteiger partial charge in [0.05, 0.1) is 22.8 Å². The van der Waals surface area contributed by atoms with Crippen molar-refractivity contribution in [3.63, 3.8) is 0 Å². The van der Waals surface area contributed by atoms with E-state index < -0.39 is 0 Å². The number of benzene rings is 1. The molecule has 19 heavy (non-hydrogen) atoms. The molecule has 0 radical (unpaired) electrons. The second-order valence-electron chi connectivity index (χ2n) is 4.38. The highest BCUT2D eigenvalue weighted by Crippen LogP contribution is 2.36. The molecule has 2 aromatic heterocycles. The Balaban J connectivity index is 2.38. The van der Waals surface area contributed by atoms with Crippen LogP contribution in [0, 0.1) is 6.92 Å². The zero-order chi connectivity index (χ0) is 13.6. The van der Waals surface area contributed by atoms with Gasteiger partial charge in [-0.1, -0.05) is 11.6 Å². The van der Waals surface area contributed by atoms with Gasteiger partial charge in [-0.25, -0.2) is 0 Å². The lowest BCUT2D eigenvalue weighted by Gasteiger charge is -1.99. The Hall–Kier alpha value is -1.98. The Morgan fingerprint density at radius 3 is 2.89 bits per heavy atom. The van der Waals surface area contributed by atoms with Crippen molar-refractivity contribution in [1.82, 2.24) is 9.97 Å². The number of oxazole rings is 1. The first-order valence-corrected chi connectivity index (χ1v) is 6.11. The lowest BCUT2D eigenvalue weighted by molar-refractivity contribution is 0.278. The summed E-state index contributed by atoms with van der Waals surface area (Å²) in [5.74, 6) is 0. The van der Waals surface area contributed by atoms with Crippen LogP contribution < -0.4 is 5.73 Å². The van der Waals surface area contributed by atoms with Crippen molar-refractivity contribution in [2.24, 2.45) is 0 Å². The van der Waals surface area contributed by atoms with E-state index in [1.54, 1.807) is 0 Å². The number of H-pyrrole nitrogens is 1. The number of hydrogen-bond donors (Lipinski definition) is 3. The second-order valence-corrected chi connectivity index (χ2v) is 4.78. The van der Waals surface area contributed by atoms with Crippen molar-refractivity contribution < 1.29 is 9.52 Å². The van der Waals surface area contributed by atoms with Crippen molar-refractivity contribution in [3.8, 4) is 11.3 Å². The Morgan fingerprint density at radius 1 is 1.47 bits per heavy atom. The number of anilines is 1. The molecule has 0 bridgehead atoms. The maximum absolute atomic E-state index is 9.48. The fourth-order valence-corrected chi connectivity index (χ4v) is 2.58. The maximum Gasteiger partial charge on any atom is 0.292 e. The summed E-state index contributed by atoms with van der Waals surface area (Å²) in [6.07, 6.45) is 1.47. The third-order valence-corrected chi connectivity index (χ3v) is 3.32. The van der Waals surface area contributed by atoms with Gasteiger partial charge < -0.3 is 20.2 Å². The molecule has 0 unspecified atom stereocenters. The Bertz CT molecular complexity index is 761. The number of aromatic nitrogens is 2. The van der Waals surface area contributed by atoms with Crippen molar-refractivity contribution >= 4 is 28.5 Å². The first kappa shape index (κ1) is 12.1. The monoisotopic (exact) mass is 277 g/mol. The van der Waals surface area contributed by atoms with Crippen LogP contribution in [0.1, 0.15) is 11.3 Å². The predicted octanol–water partition coefficient (Wildman–Crippen LogP) is 2.86. The minimum atomic E-state index is -0.147. The van der Waals surface area contributed by atoms with Crippen LogP contribution in [0.15, 0.2) is 22.8 Å². The molecular formula is C13H12ClN3O2. The minimum Gasteiger partial charge on any atom is -0.432 e. The van der Waals surface area contributed by atoms with E-state index in [0.717, 1.165) is 22.0 Å². The summed E-state index contributed by atoms with van der Waals surface area (Å²) < 4.78 is 5.04. The molecule has 2 heterocycles. The molecule has 0 spiro atoms. The molecule has 5 nitrogen and oxygen atoms in total. The number of nitrogens with two attached hydrogens (primary N) is 1. The van der Waals surface area contributed by atoms with Gasteiger partial charge in [0, 0.05) is 10.9 Å². The first-order valence-electron chi connectivity index (χ1n) is 5.73. The van der Waals surface area contributed by atoms with Gasteiger partial charge >= 0.3 is 0 Å². The SMILES string of the molecule is Cc1cc(Cl)c2[nH]c(CO)c(-c3coc(N)n3)c2c1. The molecule has 0 saturated heterocycles. The molecule has 98 valence electrons. The Morgan fingerprint density at radius 2 is 2.26 bits per heavy atom. The standard InChI is InChI=1S/C13H12ClN3O2/c1-6-2-7-11(10-5-19-13(15)17-10)9(4-18)16-12(7)8(14)3-6/h2-3,5,16,18H,4H2,1H3,(H2,15,17). The first-order chi connectivity index (χ1) is 9.10. The van der Waals surface area contributed by atoms with Crippen LogP contribution in [-0.2, 0) is 6.61 Å². The van der Waals surface area contributed by atoms with Gasteiger partial charge in [0.1, 0.15) is 12.0 Å². The van der Waals surface area contributed by atoms with E-state index in [2.05, 4.69) is 9.97 Å². The molecule has 0 aliphatic rings. The molecule has 0 amide bonds. The molecule has 0 saturated carbocycles. The molecule has 0 atom stereocenters. The molecule has 4 N–H and O–H groups in total. The highest BCUT2D eigenvalue weighted by atomic mass is 35.5. The van der Waals surface area contributed by atoms with Crippen LogP contribution in [0.25, 0.3) is 22.2 Å². The van der Waals surface area contributed by atoms with Crippen LogP contribution >= 0.6 is 11.6 Å². The molecule has 0 aliphatic heterocycles. The Kier molecular flexibility index (Phi) is 2.73. The number of aryl methyl sites for hydroxylation is 1. The zero-order valence-electron chi connectivity index (χ0n) is 10.2. The van der Waals surface area contributed by atoms with Crippen LogP contribution in [0.3, 0.4) is 0 Å². The lowest BCUT2D eigenvalue weighted by atomic mass is 10.1. The smallest absolute Gasteiger partial charge is 0.292 e. The summed E-state index contributed by atoms with van der Waals surface area (Å²) in [6, 6.07) is 3.94. The van der Waals surface area contributed by atoms with Crippen LogP contribution in [0.4, 0.5) is 6.01 Å². The average Bonchev–Trinajstić information content (AvgIpc) is 2.92. The summed E-state index contributed by atoms with van der Waals surface area (Å²) in [4.78, 5) is 7.22. The molecule has 0 aliphatic carbocycles. The van der Waals surface area contributed by atoms with E-state index in [1.807, 2.05) is 19.1 Å². The van der Waals surface area contributed by atoms with Crippen molar-refractivity contribution in [2.75, 3.05) is 5.73 Å². The normalized spacial score (nSPS) is 11.3. The van der Waals surface area contributed by atoms with E-state index in [1.165, 1.54) is 6.26 Å². The van der Waals surface area contributed by atoms with E-state index >= 15 is 0 Å². The fraction of sp³-hybridized carbons (Fsp3) is 0.154. The minimum absolute atomic E-state index is 0.0898. The van der Waals surface area contributed by atoms with Gasteiger partial charge in [0.25, 0.3) is 6.01 Å². The lowest BCUT2D eigenvalue weighted by Crippen LogP contribution is -1.88. The molecular weight excluding hydrogens is 266 g/mol. The summed E-state index contributed by atoms with van der Waals surface area (Å²) in [7, 11) is 0. The number of rotatable bonds is 2. The van der Waals surface area contributed by atoms with Crippen molar-refractivity contribution in [3.05, 3.63) is 34.7 Å². The van der Waals surface area contributed by atoms with Gasteiger partial charge in [0.15, 0.2) is 0 Å². The number of aromatic amines is 1. The van der Waals surface area contributed by atoms with E-state index in [4.69, 9.17) is 21.8 Å². The van der Waals surface area contributed by atoms with Gasteiger partial charge in [-0.05, 0) is 24.6 Å². The second kappa shape index (κ2) is 4.29. The molecule has 6 heteroatoms. The molecule has 3 aromatic rings. The third-order valence-electron chi connectivity index (χ3n) is 3.02. The van der Waals surface area contributed by atoms with Crippen LogP contribution in [0.2, 0.25) is 5.02 Å². The van der Waals surface area contributed by atoms with Gasteiger partial charge in [-0.3, -0.25) is 0 Å². The van der Waals surface area contributed by atoms with E-state index in [9.17, 15) is 5.11 Å². The summed E-state index contributed by atoms with van der Waals surface area (Å²) >= 11 is 6.22. The Labute approximate surface area is 114 Å². The zero-order valence-corrected chi connectivity index (χ0v) is 11.0. The van der Waals surface area contributed by atoms with Crippen molar-refractivity contribution in [2.45, 2.75) is 13.5 Å². The topological polar surface area (TPSA) is 88.1 Å². The van der Waals surface area contributed by atoms with Gasteiger partial charge in [-0.2, -0.15) is 4.98 Å². The van der Waals surface area contributed by atoms with E-state index in [-0.39, 0.29) is 12.6 Å². The molecule has 0 fully saturated rings. The maximum atomic E-state index is 9.48. The number of nitrogens with one attached hydrogen (secondary N) is 1. The van der Waals surface area contributed by atoms with Crippen LogP contribution in [0.5, 0.6) is 0 Å². The highest BCUT2D eigenvalue weighted by Gasteiger charge is 2.17. The quantitative estimate of drug-likeness (QED) is 0.672. The van der Waals surface area contributed by atoms with Gasteiger partial charge in [0.2, 0.25) is 0 Å². The number of nitrogen functional groups attached to an aromatic ring is 1. The summed E-state index contributed by atoms with van der Waals surface area (Å²) in [6.45, 7) is 1.81. The molecule has 3 rings (SSSR count). The molecule has 1 aromatic carbocycles. The summed E-state index contributed by atoms with van der Waals surface area (Å²) in [5.41, 5.74) is 9.28. The number of hydrogen-bond acceptors (Lipinski definition) is 4. The number of aliphatic hydroxyl groups excluding tert-OH is 1. The number of halogens is 1. The van der Waals surface area contributed by atoms with Gasteiger partial charge in [-0.15, -0.1) is 0 Å². The number of fused-ring (bicyclic) bond motifs is 1. The van der Waals surface area contributed by atoms with Crippen LogP contribution in [-0.4, -0.2) is 15.1 Å². The highest BCUT2D eigenvalue weighted by molar-refractivity contribution is 6.35. The summed E-state index contributed by atoms with van der Waals surface area (Å²) in [5, 5.41) is 11.0. The third kappa shape index (κ3) is 1.87. The van der Waals surface area contributed by atoms with Crippen molar-refractivity contribution in [1.29, 1.82) is 0 Å².